The first-order chi connectivity index (χ1) is 8.16. The number of nitrogens with zero attached hydrogens (tertiary/aromatic N) is 2. The van der Waals surface area contributed by atoms with Crippen molar-refractivity contribution in [2.75, 3.05) is 11.9 Å². The van der Waals surface area contributed by atoms with Crippen LogP contribution in [0, 0.1) is 3.57 Å². The van der Waals surface area contributed by atoms with Gasteiger partial charge in [0.25, 0.3) is 0 Å². The first-order valence-electron chi connectivity index (χ1n) is 5.32. The molecule has 3 nitrogen and oxygen atoms in total. The zero-order valence-electron chi connectivity index (χ0n) is 9.45. The minimum Gasteiger partial charge on any atom is -0.385 e. The van der Waals surface area contributed by atoms with Gasteiger partial charge in [-0.1, -0.05) is 0 Å². The maximum absolute atomic E-state index is 4.15. The molecule has 0 amide bonds. The number of benzene rings is 1. The number of halogens is 2. The fourth-order valence-corrected chi connectivity index (χ4v) is 2.35. The first-order valence-corrected chi connectivity index (χ1v) is 7.20. The van der Waals surface area contributed by atoms with Crippen LogP contribution < -0.4 is 5.32 Å². The van der Waals surface area contributed by atoms with Crippen LogP contribution in [0.15, 0.2) is 34.9 Å². The lowest BCUT2D eigenvalue weighted by Gasteiger charge is -2.07. The Morgan fingerprint density at radius 1 is 1.41 bits per heavy atom. The predicted molar refractivity (Wildman–Crippen MR) is 82.3 cm³/mol. The van der Waals surface area contributed by atoms with Gasteiger partial charge in [0, 0.05) is 45.6 Å². The van der Waals surface area contributed by atoms with Gasteiger partial charge < -0.3 is 5.32 Å². The second-order valence-corrected chi connectivity index (χ2v) is 5.77. The zero-order valence-corrected chi connectivity index (χ0v) is 13.2. The minimum absolute atomic E-state index is 0.914. The summed E-state index contributed by atoms with van der Waals surface area (Å²) in [5.41, 5.74) is 2.39. The number of rotatable bonds is 4. The first kappa shape index (κ1) is 12.9. The van der Waals surface area contributed by atoms with Gasteiger partial charge in [-0.3, -0.25) is 4.68 Å². The van der Waals surface area contributed by atoms with Crippen LogP contribution in [0.3, 0.4) is 0 Å². The van der Waals surface area contributed by atoms with E-state index in [1.807, 2.05) is 24.0 Å². The average Bonchev–Trinajstić information content (AvgIpc) is 2.70. The molecule has 0 unspecified atom stereocenters. The summed E-state index contributed by atoms with van der Waals surface area (Å²) in [6, 6.07) is 8.32. The van der Waals surface area contributed by atoms with Crippen LogP contribution >= 0.6 is 38.5 Å². The van der Waals surface area contributed by atoms with Crippen molar-refractivity contribution < 1.29 is 0 Å². The normalized spacial score (nSPS) is 10.5. The number of nitrogens with one attached hydrogen (secondary N) is 1. The van der Waals surface area contributed by atoms with Crippen LogP contribution in [-0.4, -0.2) is 16.3 Å². The van der Waals surface area contributed by atoms with Crippen LogP contribution in [0.2, 0.25) is 0 Å². The van der Waals surface area contributed by atoms with Crippen molar-refractivity contribution in [1.29, 1.82) is 0 Å². The van der Waals surface area contributed by atoms with Gasteiger partial charge in [-0.2, -0.15) is 5.10 Å². The molecule has 1 heterocycles. The fourth-order valence-electron chi connectivity index (χ4n) is 1.59. The second-order valence-electron chi connectivity index (χ2n) is 3.75. The molecule has 1 aromatic heterocycles. The highest BCUT2D eigenvalue weighted by Gasteiger charge is 2.00. The molecule has 0 radical (unpaired) electrons. The molecule has 0 atom stereocenters. The van der Waals surface area contributed by atoms with Crippen molar-refractivity contribution in [2.45, 2.75) is 6.42 Å². The minimum atomic E-state index is 0.914. The monoisotopic (exact) mass is 405 g/mol. The Labute approximate surface area is 123 Å². The van der Waals surface area contributed by atoms with Gasteiger partial charge in [0.2, 0.25) is 0 Å². The Morgan fingerprint density at radius 3 is 2.88 bits per heavy atom. The topological polar surface area (TPSA) is 29.9 Å². The smallest absolute Gasteiger partial charge is 0.0492 e. The largest absolute Gasteiger partial charge is 0.385 e. The Kier molecular flexibility index (Phi) is 4.44. The Morgan fingerprint density at radius 2 is 2.24 bits per heavy atom. The molecule has 0 aliphatic carbocycles. The molecule has 0 spiro atoms. The second kappa shape index (κ2) is 5.86. The predicted octanol–water partition coefficient (Wildman–Crippen LogP) is 3.44. The third-order valence-corrected chi connectivity index (χ3v) is 4.88. The van der Waals surface area contributed by atoms with E-state index in [0.29, 0.717) is 0 Å². The van der Waals surface area contributed by atoms with Gasteiger partial charge in [-0.15, -0.1) is 0 Å². The molecule has 0 bridgehead atoms. The van der Waals surface area contributed by atoms with E-state index >= 15 is 0 Å². The summed E-state index contributed by atoms with van der Waals surface area (Å²) in [4.78, 5) is 0. The summed E-state index contributed by atoms with van der Waals surface area (Å²) in [7, 11) is 1.97. The van der Waals surface area contributed by atoms with Gasteiger partial charge in [-0.25, -0.2) is 0 Å². The summed E-state index contributed by atoms with van der Waals surface area (Å²) in [6.45, 7) is 0.914. The van der Waals surface area contributed by atoms with Crippen molar-refractivity contribution in [2.24, 2.45) is 7.05 Å². The van der Waals surface area contributed by atoms with E-state index in [9.17, 15) is 0 Å². The lowest BCUT2D eigenvalue weighted by atomic mass is 10.3. The van der Waals surface area contributed by atoms with Gasteiger partial charge >= 0.3 is 0 Å². The summed E-state index contributed by atoms with van der Waals surface area (Å²) >= 11 is 5.81. The van der Waals surface area contributed by atoms with E-state index in [-0.39, 0.29) is 0 Å². The Bertz CT molecular complexity index is 510. The molecule has 0 aliphatic heterocycles. The van der Waals surface area contributed by atoms with Crippen LogP contribution in [0.25, 0.3) is 0 Å². The Hall–Kier alpha value is -0.560. The summed E-state index contributed by atoms with van der Waals surface area (Å²) in [5.74, 6) is 0. The van der Waals surface area contributed by atoms with Crippen LogP contribution in [0.5, 0.6) is 0 Å². The highest BCUT2D eigenvalue weighted by molar-refractivity contribution is 14.1. The number of aromatic nitrogens is 2. The van der Waals surface area contributed by atoms with E-state index in [2.05, 4.69) is 67.1 Å². The molecule has 1 N–H and O–H groups in total. The molecule has 0 aliphatic rings. The number of hydrogen-bond donors (Lipinski definition) is 1. The molecule has 1 aromatic carbocycles. The van der Waals surface area contributed by atoms with Crippen LogP contribution in [-0.2, 0) is 13.5 Å². The van der Waals surface area contributed by atoms with Gasteiger partial charge in [0.15, 0.2) is 0 Å². The highest BCUT2D eigenvalue weighted by atomic mass is 127. The van der Waals surface area contributed by atoms with E-state index in [4.69, 9.17) is 0 Å². The lowest BCUT2D eigenvalue weighted by Crippen LogP contribution is -2.08. The molecule has 0 saturated heterocycles. The quantitative estimate of drug-likeness (QED) is 0.789. The molecular weight excluding hydrogens is 393 g/mol. The fraction of sp³-hybridized carbons (Fsp3) is 0.250. The lowest BCUT2D eigenvalue weighted by molar-refractivity contribution is 0.711. The standard InChI is InChI=1S/C12H13BrIN3/c1-17-10(5-7-16-17)4-6-15-9-2-3-11(13)12(14)8-9/h2-3,5,7-8,15H,4,6H2,1H3. The summed E-state index contributed by atoms with van der Waals surface area (Å²) in [5, 5.41) is 7.56. The van der Waals surface area contributed by atoms with Gasteiger partial charge in [0.05, 0.1) is 0 Å². The van der Waals surface area contributed by atoms with Crippen LogP contribution in [0.4, 0.5) is 5.69 Å². The molecule has 5 heteroatoms. The maximum atomic E-state index is 4.15. The van der Waals surface area contributed by atoms with E-state index in [1.54, 1.807) is 0 Å². The third kappa shape index (κ3) is 3.45. The molecule has 90 valence electrons. The molecular formula is C12H13BrIN3. The number of hydrogen-bond acceptors (Lipinski definition) is 2. The summed E-state index contributed by atoms with van der Waals surface area (Å²) < 4.78 is 4.26. The van der Waals surface area contributed by atoms with Gasteiger partial charge in [-0.05, 0) is 62.8 Å². The highest BCUT2D eigenvalue weighted by Crippen LogP contribution is 2.22. The van der Waals surface area contributed by atoms with Crippen molar-refractivity contribution in [1.82, 2.24) is 9.78 Å². The molecule has 17 heavy (non-hydrogen) atoms. The maximum Gasteiger partial charge on any atom is 0.0492 e. The van der Waals surface area contributed by atoms with E-state index < -0.39 is 0 Å². The van der Waals surface area contributed by atoms with Gasteiger partial charge in [0.1, 0.15) is 0 Å². The zero-order chi connectivity index (χ0) is 12.3. The van der Waals surface area contributed by atoms with Crippen molar-refractivity contribution in [3.63, 3.8) is 0 Å². The van der Waals surface area contributed by atoms with Crippen molar-refractivity contribution in [3.8, 4) is 0 Å². The molecule has 2 rings (SSSR count). The number of aryl methyl sites for hydroxylation is 1. The molecule has 0 fully saturated rings. The Balaban J connectivity index is 1.90. The van der Waals surface area contributed by atoms with Crippen molar-refractivity contribution >= 4 is 44.2 Å². The summed E-state index contributed by atoms with van der Waals surface area (Å²) in [6.07, 6.45) is 2.81. The molecule has 0 saturated carbocycles. The van der Waals surface area contributed by atoms with Crippen LogP contribution in [0.1, 0.15) is 5.69 Å². The van der Waals surface area contributed by atoms with E-state index in [1.165, 1.54) is 9.26 Å². The average molecular weight is 406 g/mol. The number of anilines is 1. The SMILES string of the molecule is Cn1nccc1CCNc1ccc(Br)c(I)c1. The molecule has 2 aromatic rings. The third-order valence-electron chi connectivity index (χ3n) is 2.55. The van der Waals surface area contributed by atoms with Crippen molar-refractivity contribution in [3.05, 3.63) is 44.2 Å². The van der Waals surface area contributed by atoms with E-state index in [0.717, 1.165) is 23.1 Å².